The van der Waals surface area contributed by atoms with Gasteiger partial charge in [-0.1, -0.05) is 0 Å². The van der Waals surface area contributed by atoms with Crippen LogP contribution in [-0.4, -0.2) is 168 Å². The van der Waals surface area contributed by atoms with Crippen molar-refractivity contribution in [2.75, 3.05) is 26.4 Å². The van der Waals surface area contributed by atoms with Gasteiger partial charge in [-0.2, -0.15) is 0 Å². The van der Waals surface area contributed by atoms with Gasteiger partial charge in [-0.25, -0.2) is 0 Å². The van der Waals surface area contributed by atoms with Crippen LogP contribution in [0.3, 0.4) is 0 Å². The van der Waals surface area contributed by atoms with E-state index >= 15 is 0 Å². The van der Waals surface area contributed by atoms with Crippen molar-refractivity contribution in [3.63, 3.8) is 0 Å². The molecule has 14 atom stereocenters. The van der Waals surface area contributed by atoms with E-state index < -0.39 is 112 Å². The lowest BCUT2D eigenvalue weighted by atomic mass is 9.97. The molecule has 0 radical (unpaired) electrons. The van der Waals surface area contributed by atoms with Gasteiger partial charge in [0, 0.05) is 0 Å². The molecular formula is C18H32O16. The number of hydrogen-bond donors (Lipinski definition) is 11. The first-order valence-electron chi connectivity index (χ1n) is 10.6. The molecule has 34 heavy (non-hydrogen) atoms. The summed E-state index contributed by atoms with van der Waals surface area (Å²) >= 11 is 0. The quantitative estimate of drug-likeness (QED) is 0.146. The molecule has 3 heterocycles. The minimum atomic E-state index is -2.36. The van der Waals surface area contributed by atoms with Gasteiger partial charge in [0.25, 0.3) is 0 Å². The number of aliphatic hydroxyl groups is 11. The molecule has 11 N–H and O–H groups in total. The first-order chi connectivity index (χ1) is 16.0. The highest BCUT2D eigenvalue weighted by molar-refractivity contribution is 4.99. The van der Waals surface area contributed by atoms with E-state index in [1.807, 2.05) is 0 Å². The fraction of sp³-hybridized carbons (Fsp3) is 1.00. The number of rotatable bonds is 8. The molecule has 0 saturated carbocycles. The van der Waals surface area contributed by atoms with Crippen LogP contribution in [0.4, 0.5) is 0 Å². The Kier molecular flexibility index (Phi) is 9.18. The minimum Gasteiger partial charge on any atom is -0.394 e. The Hall–Kier alpha value is -0.640. The SMILES string of the molecule is OCC1O[C@@H](O[C@H]2C(CO)O[C@@H](O[C@]3(CO)O[C@@H](CO)C(O)[C@H]3O)C(O)[C@H]2O)C(O)[C@@H](O)[C@H]1O. The molecule has 3 saturated heterocycles. The van der Waals surface area contributed by atoms with E-state index in [2.05, 4.69) is 0 Å². The lowest BCUT2D eigenvalue weighted by Crippen LogP contribution is -2.66. The molecule has 0 aromatic heterocycles. The Bertz CT molecular complexity index is 651. The van der Waals surface area contributed by atoms with Gasteiger partial charge in [0.15, 0.2) is 12.6 Å². The second-order valence-corrected chi connectivity index (χ2v) is 8.37. The normalized spacial score (nSPS) is 52.1. The maximum Gasteiger partial charge on any atom is 0.224 e. The highest BCUT2D eigenvalue weighted by Crippen LogP contribution is 2.37. The second-order valence-electron chi connectivity index (χ2n) is 8.37. The predicted molar refractivity (Wildman–Crippen MR) is 101 cm³/mol. The van der Waals surface area contributed by atoms with Crippen molar-refractivity contribution in [1.82, 2.24) is 0 Å². The van der Waals surface area contributed by atoms with Crippen molar-refractivity contribution in [2.45, 2.75) is 85.5 Å². The van der Waals surface area contributed by atoms with Crippen LogP contribution in [0.25, 0.3) is 0 Å². The van der Waals surface area contributed by atoms with Crippen molar-refractivity contribution in [3.8, 4) is 0 Å². The smallest absolute Gasteiger partial charge is 0.224 e. The molecule has 16 nitrogen and oxygen atoms in total. The summed E-state index contributed by atoms with van der Waals surface area (Å²) in [5.41, 5.74) is 0. The fourth-order valence-electron chi connectivity index (χ4n) is 4.12. The summed E-state index contributed by atoms with van der Waals surface area (Å²) in [6, 6.07) is 0. The molecule has 3 rings (SSSR count). The van der Waals surface area contributed by atoms with E-state index in [0.29, 0.717) is 0 Å². The monoisotopic (exact) mass is 504 g/mol. The first kappa shape index (κ1) is 27.9. The molecule has 3 aliphatic heterocycles. The molecule has 0 aromatic carbocycles. The Morgan fingerprint density at radius 2 is 1.15 bits per heavy atom. The van der Waals surface area contributed by atoms with Gasteiger partial charge < -0.3 is 79.9 Å². The predicted octanol–water partition coefficient (Wildman–Crippen LogP) is -7.57. The van der Waals surface area contributed by atoms with Crippen LogP contribution >= 0.6 is 0 Å². The summed E-state index contributed by atoms with van der Waals surface area (Å²) < 4.78 is 26.6. The van der Waals surface area contributed by atoms with E-state index in [-0.39, 0.29) is 0 Å². The molecule has 0 spiro atoms. The van der Waals surface area contributed by atoms with E-state index in [1.54, 1.807) is 0 Å². The van der Waals surface area contributed by atoms with Crippen LogP contribution in [0.5, 0.6) is 0 Å². The van der Waals surface area contributed by atoms with Crippen molar-refractivity contribution in [2.24, 2.45) is 0 Å². The zero-order chi connectivity index (χ0) is 25.4. The number of hydrogen-bond acceptors (Lipinski definition) is 16. The van der Waals surface area contributed by atoms with E-state index in [0.717, 1.165) is 0 Å². The van der Waals surface area contributed by atoms with Crippen LogP contribution in [0.15, 0.2) is 0 Å². The van der Waals surface area contributed by atoms with Crippen molar-refractivity contribution in [3.05, 3.63) is 0 Å². The van der Waals surface area contributed by atoms with Crippen molar-refractivity contribution in [1.29, 1.82) is 0 Å². The lowest BCUT2D eigenvalue weighted by Gasteiger charge is -2.47. The van der Waals surface area contributed by atoms with Crippen molar-refractivity contribution >= 4 is 0 Å². The first-order valence-corrected chi connectivity index (χ1v) is 10.6. The summed E-state index contributed by atoms with van der Waals surface area (Å²) in [5.74, 6) is -2.36. The average molecular weight is 504 g/mol. The second kappa shape index (κ2) is 11.2. The van der Waals surface area contributed by atoms with Gasteiger partial charge in [-0.3, -0.25) is 0 Å². The molecule has 0 aromatic rings. The fourth-order valence-corrected chi connectivity index (χ4v) is 4.12. The lowest BCUT2D eigenvalue weighted by molar-refractivity contribution is -0.398. The third-order valence-electron chi connectivity index (χ3n) is 6.18. The molecule has 3 fully saturated rings. The van der Waals surface area contributed by atoms with Gasteiger partial charge in [-0.05, 0) is 0 Å². The van der Waals surface area contributed by atoms with E-state index in [4.69, 9.17) is 23.7 Å². The summed E-state index contributed by atoms with van der Waals surface area (Å²) in [6.45, 7) is -3.39. The third-order valence-corrected chi connectivity index (χ3v) is 6.18. The molecule has 16 heteroatoms. The number of aliphatic hydroxyl groups excluding tert-OH is 11. The van der Waals surface area contributed by atoms with Crippen LogP contribution < -0.4 is 0 Å². The maximum absolute atomic E-state index is 10.6. The molecular weight excluding hydrogens is 472 g/mol. The van der Waals surface area contributed by atoms with Crippen LogP contribution in [0.1, 0.15) is 0 Å². The maximum atomic E-state index is 10.6. The molecule has 200 valence electrons. The minimum absolute atomic E-state index is 0.742. The molecule has 0 amide bonds. The summed E-state index contributed by atoms with van der Waals surface area (Å²) in [5, 5.41) is 109. The average Bonchev–Trinajstić information content (AvgIpc) is 3.08. The summed E-state index contributed by atoms with van der Waals surface area (Å²) in [6.07, 6.45) is -22.0. The Balaban J connectivity index is 1.74. The largest absolute Gasteiger partial charge is 0.394 e. The van der Waals surface area contributed by atoms with Crippen LogP contribution in [0.2, 0.25) is 0 Å². The topological polar surface area (TPSA) is 269 Å². The summed E-state index contributed by atoms with van der Waals surface area (Å²) in [7, 11) is 0. The van der Waals surface area contributed by atoms with Gasteiger partial charge in [0.2, 0.25) is 5.79 Å². The van der Waals surface area contributed by atoms with Crippen molar-refractivity contribution < 1.29 is 79.9 Å². The number of ether oxygens (including phenoxy) is 5. The van der Waals surface area contributed by atoms with Gasteiger partial charge in [0.05, 0.1) is 19.8 Å². The summed E-state index contributed by atoms with van der Waals surface area (Å²) in [4.78, 5) is 0. The van der Waals surface area contributed by atoms with Crippen LogP contribution in [-0.2, 0) is 23.7 Å². The standard InChI is InChI=1S/C18H32O16/c19-1-5-8(23)10(25)12(27)16(30-5)32-14-7(3-21)31-17(13(28)11(14)26)34-18(4-22)15(29)9(24)6(2-20)33-18/h5-17,19-29H,1-4H2/t5?,6-,7?,8-,9?,10-,11+,12?,13?,14-,15+,16-,17-,18-/m0/s1. The van der Waals surface area contributed by atoms with Crippen LogP contribution in [0, 0.1) is 0 Å². The highest BCUT2D eigenvalue weighted by Gasteiger charge is 2.59. The molecule has 5 unspecified atom stereocenters. The molecule has 0 aliphatic carbocycles. The van der Waals surface area contributed by atoms with Gasteiger partial charge >= 0.3 is 0 Å². The zero-order valence-corrected chi connectivity index (χ0v) is 17.8. The highest BCUT2D eigenvalue weighted by atomic mass is 16.8. The van der Waals surface area contributed by atoms with Gasteiger partial charge in [0.1, 0.15) is 73.8 Å². The Morgan fingerprint density at radius 3 is 1.68 bits per heavy atom. The van der Waals surface area contributed by atoms with Gasteiger partial charge in [-0.15, -0.1) is 0 Å². The molecule has 3 aliphatic rings. The molecule has 0 bridgehead atoms. The van der Waals surface area contributed by atoms with E-state index in [1.165, 1.54) is 0 Å². The third kappa shape index (κ3) is 4.96. The zero-order valence-electron chi connectivity index (χ0n) is 17.8. The Morgan fingerprint density at radius 1 is 0.588 bits per heavy atom. The Labute approximate surface area is 192 Å². The van der Waals surface area contributed by atoms with E-state index in [9.17, 15) is 56.2 Å².